The van der Waals surface area contributed by atoms with Crippen molar-refractivity contribution in [1.29, 1.82) is 0 Å². The molecule has 0 radical (unpaired) electrons. The van der Waals surface area contributed by atoms with E-state index in [1.54, 1.807) is 12.1 Å². The first kappa shape index (κ1) is 23.5. The van der Waals surface area contributed by atoms with Crippen LogP contribution in [0.3, 0.4) is 0 Å². The standard InChI is InChI=1S/C24H16BrClN2O6/c1-32-21-12-15(10-19(26)22(21)33-13-14-2-6-17(25)7-3-14)11-20-24(29)34-23(27-20)16-4-8-18(9-5-16)28(30)31/h2-12H,13H2,1H3/b20-11-. The van der Waals surface area contributed by atoms with Gasteiger partial charge in [0.1, 0.15) is 6.61 Å². The summed E-state index contributed by atoms with van der Waals surface area (Å²) < 4.78 is 17.5. The number of hydrogen-bond donors (Lipinski definition) is 0. The summed E-state index contributed by atoms with van der Waals surface area (Å²) in [5, 5.41) is 11.1. The Kier molecular flexibility index (Phi) is 6.95. The van der Waals surface area contributed by atoms with E-state index >= 15 is 0 Å². The summed E-state index contributed by atoms with van der Waals surface area (Å²) in [5.41, 5.74) is 1.92. The zero-order chi connectivity index (χ0) is 24.2. The second kappa shape index (κ2) is 10.1. The van der Waals surface area contributed by atoms with Crippen LogP contribution in [0.15, 0.2) is 75.8 Å². The number of ether oxygens (including phenoxy) is 3. The summed E-state index contributed by atoms with van der Waals surface area (Å²) in [4.78, 5) is 26.8. The fourth-order valence-electron chi connectivity index (χ4n) is 3.12. The van der Waals surface area contributed by atoms with Crippen LogP contribution < -0.4 is 9.47 Å². The van der Waals surface area contributed by atoms with Gasteiger partial charge in [-0.25, -0.2) is 9.79 Å². The molecule has 0 fully saturated rings. The van der Waals surface area contributed by atoms with Crippen LogP contribution in [0, 0.1) is 10.1 Å². The molecule has 34 heavy (non-hydrogen) atoms. The third kappa shape index (κ3) is 5.27. The van der Waals surface area contributed by atoms with E-state index < -0.39 is 10.9 Å². The van der Waals surface area contributed by atoms with Crippen molar-refractivity contribution in [2.75, 3.05) is 7.11 Å². The number of rotatable bonds is 7. The van der Waals surface area contributed by atoms with Crippen molar-refractivity contribution in [2.24, 2.45) is 4.99 Å². The third-order valence-corrected chi connectivity index (χ3v) is 5.61. The highest BCUT2D eigenvalue weighted by atomic mass is 79.9. The summed E-state index contributed by atoms with van der Waals surface area (Å²) in [6.07, 6.45) is 1.51. The number of hydrogen-bond acceptors (Lipinski definition) is 7. The lowest BCUT2D eigenvalue weighted by Crippen LogP contribution is -2.05. The van der Waals surface area contributed by atoms with Crippen molar-refractivity contribution in [3.05, 3.63) is 103 Å². The maximum atomic E-state index is 12.3. The lowest BCUT2D eigenvalue weighted by molar-refractivity contribution is -0.384. The SMILES string of the molecule is COc1cc(/C=C2\N=C(c3ccc([N+](=O)[O-])cc3)OC2=O)cc(Cl)c1OCc1ccc(Br)cc1. The van der Waals surface area contributed by atoms with Gasteiger partial charge in [0.25, 0.3) is 5.69 Å². The van der Waals surface area contributed by atoms with E-state index in [0.717, 1.165) is 10.0 Å². The Balaban J connectivity index is 1.57. The zero-order valence-corrected chi connectivity index (χ0v) is 20.0. The van der Waals surface area contributed by atoms with Gasteiger partial charge in [-0.1, -0.05) is 39.7 Å². The number of methoxy groups -OCH3 is 1. The van der Waals surface area contributed by atoms with E-state index in [1.165, 1.54) is 37.5 Å². The van der Waals surface area contributed by atoms with Gasteiger partial charge in [-0.15, -0.1) is 0 Å². The number of non-ortho nitro benzene ring substituents is 1. The molecule has 1 aliphatic rings. The highest BCUT2D eigenvalue weighted by Gasteiger charge is 2.25. The minimum Gasteiger partial charge on any atom is -0.493 e. The van der Waals surface area contributed by atoms with Gasteiger partial charge in [-0.3, -0.25) is 10.1 Å². The van der Waals surface area contributed by atoms with Crippen LogP contribution in [-0.2, 0) is 16.1 Å². The summed E-state index contributed by atoms with van der Waals surface area (Å²) in [6, 6.07) is 16.5. The van der Waals surface area contributed by atoms with Gasteiger partial charge < -0.3 is 14.2 Å². The van der Waals surface area contributed by atoms with Crippen LogP contribution >= 0.6 is 27.5 Å². The third-order valence-electron chi connectivity index (χ3n) is 4.80. The molecule has 1 aliphatic heterocycles. The summed E-state index contributed by atoms with van der Waals surface area (Å²) in [6.45, 7) is 0.291. The maximum Gasteiger partial charge on any atom is 0.363 e. The summed E-state index contributed by atoms with van der Waals surface area (Å²) in [5.74, 6) is 0.165. The topological polar surface area (TPSA) is 100 Å². The second-order valence-corrected chi connectivity index (χ2v) is 8.41. The Hall–Kier alpha value is -3.69. The normalized spacial score (nSPS) is 14.0. The number of nitro groups is 1. The second-order valence-electron chi connectivity index (χ2n) is 7.09. The molecule has 0 N–H and O–H groups in total. The number of benzene rings is 3. The number of halogens is 2. The van der Waals surface area contributed by atoms with Crippen LogP contribution in [0.2, 0.25) is 5.02 Å². The molecule has 10 heteroatoms. The molecule has 4 rings (SSSR count). The maximum absolute atomic E-state index is 12.3. The first-order valence-corrected chi connectivity index (χ1v) is 11.0. The van der Waals surface area contributed by atoms with E-state index in [-0.39, 0.29) is 17.3 Å². The molecule has 0 bridgehead atoms. The van der Waals surface area contributed by atoms with Gasteiger partial charge in [0, 0.05) is 22.2 Å². The molecule has 0 aliphatic carbocycles. The molecule has 0 atom stereocenters. The molecule has 8 nitrogen and oxygen atoms in total. The largest absolute Gasteiger partial charge is 0.493 e. The molecule has 0 spiro atoms. The molecule has 0 aromatic heterocycles. The quantitative estimate of drug-likeness (QED) is 0.158. The van der Waals surface area contributed by atoms with Gasteiger partial charge in [-0.2, -0.15) is 0 Å². The number of nitrogens with zero attached hydrogens (tertiary/aromatic N) is 2. The average Bonchev–Trinajstić information content (AvgIpc) is 3.19. The van der Waals surface area contributed by atoms with Gasteiger partial charge in [0.05, 0.1) is 17.1 Å². The Morgan fingerprint density at radius 2 is 1.85 bits per heavy atom. The number of aliphatic imine (C=N–C) groups is 1. The van der Waals surface area contributed by atoms with Crippen LogP contribution in [-0.4, -0.2) is 23.9 Å². The summed E-state index contributed by atoms with van der Waals surface area (Å²) in [7, 11) is 1.49. The molecule has 3 aromatic carbocycles. The van der Waals surface area contributed by atoms with Crippen molar-refractivity contribution in [2.45, 2.75) is 6.61 Å². The van der Waals surface area contributed by atoms with Gasteiger partial charge in [0.2, 0.25) is 5.90 Å². The van der Waals surface area contributed by atoms with E-state index in [2.05, 4.69) is 20.9 Å². The molecule has 0 amide bonds. The van der Waals surface area contributed by atoms with Crippen LogP contribution in [0.25, 0.3) is 6.08 Å². The Morgan fingerprint density at radius 1 is 1.15 bits per heavy atom. The smallest absolute Gasteiger partial charge is 0.363 e. The van der Waals surface area contributed by atoms with Crippen molar-refractivity contribution in [3.8, 4) is 11.5 Å². The monoisotopic (exact) mass is 542 g/mol. The minimum atomic E-state index is -0.654. The minimum absolute atomic E-state index is 0.0509. The first-order valence-electron chi connectivity index (χ1n) is 9.86. The van der Waals surface area contributed by atoms with Crippen LogP contribution in [0.1, 0.15) is 16.7 Å². The lowest BCUT2D eigenvalue weighted by Gasteiger charge is -2.13. The molecule has 3 aromatic rings. The predicted molar refractivity (Wildman–Crippen MR) is 130 cm³/mol. The van der Waals surface area contributed by atoms with Gasteiger partial charge >= 0.3 is 5.97 Å². The van der Waals surface area contributed by atoms with E-state index in [1.807, 2.05) is 24.3 Å². The molecular weight excluding hydrogens is 528 g/mol. The predicted octanol–water partition coefficient (Wildman–Crippen LogP) is 5.94. The zero-order valence-electron chi connectivity index (χ0n) is 17.7. The van der Waals surface area contributed by atoms with Gasteiger partial charge in [0.15, 0.2) is 17.2 Å². The molecule has 172 valence electrons. The van der Waals surface area contributed by atoms with E-state index in [4.69, 9.17) is 25.8 Å². The highest BCUT2D eigenvalue weighted by molar-refractivity contribution is 9.10. The van der Waals surface area contributed by atoms with Crippen LogP contribution in [0.4, 0.5) is 5.69 Å². The van der Waals surface area contributed by atoms with Crippen molar-refractivity contribution in [3.63, 3.8) is 0 Å². The molecule has 0 unspecified atom stereocenters. The number of cyclic esters (lactones) is 1. The fourth-order valence-corrected chi connectivity index (χ4v) is 3.65. The lowest BCUT2D eigenvalue weighted by atomic mass is 10.1. The molecule has 0 saturated carbocycles. The summed E-state index contributed by atoms with van der Waals surface area (Å²) >= 11 is 9.84. The average molecular weight is 544 g/mol. The van der Waals surface area contributed by atoms with E-state index in [9.17, 15) is 14.9 Å². The van der Waals surface area contributed by atoms with Crippen molar-refractivity contribution < 1.29 is 23.9 Å². The van der Waals surface area contributed by atoms with Crippen molar-refractivity contribution in [1.82, 2.24) is 0 Å². The number of nitro benzene ring substituents is 1. The molecule has 0 saturated heterocycles. The molecular formula is C24H16BrClN2O6. The Bertz CT molecular complexity index is 1320. The first-order chi connectivity index (χ1) is 16.3. The Morgan fingerprint density at radius 3 is 2.50 bits per heavy atom. The van der Waals surface area contributed by atoms with Gasteiger partial charge in [-0.05, 0) is 53.6 Å². The highest BCUT2D eigenvalue weighted by Crippen LogP contribution is 2.38. The number of carbonyl (C=O) groups is 1. The number of carbonyl (C=O) groups excluding carboxylic acids is 1. The van der Waals surface area contributed by atoms with E-state index in [0.29, 0.717) is 34.3 Å². The molecule has 1 heterocycles. The van der Waals surface area contributed by atoms with Crippen LogP contribution in [0.5, 0.6) is 11.5 Å². The van der Waals surface area contributed by atoms with Crippen molar-refractivity contribution >= 4 is 51.2 Å². The Labute approximate surface area is 207 Å². The number of esters is 1. The fraction of sp³-hybridized carbons (Fsp3) is 0.0833.